The first kappa shape index (κ1) is 17.4. The van der Waals surface area contributed by atoms with Gasteiger partial charge in [0.1, 0.15) is 0 Å². The van der Waals surface area contributed by atoms with Crippen molar-refractivity contribution in [2.45, 2.75) is 39.8 Å². The monoisotopic (exact) mass is 278 g/mol. The molecule has 0 saturated carbocycles. The van der Waals surface area contributed by atoms with Crippen LogP contribution in [0.1, 0.15) is 34.1 Å². The van der Waals surface area contributed by atoms with E-state index in [1.165, 1.54) is 0 Å². The van der Waals surface area contributed by atoms with Gasteiger partial charge in [-0.25, -0.2) is 0 Å². The number of carbonyl (C=O) groups is 1. The first-order valence-corrected chi connectivity index (χ1v) is 7.72. The lowest BCUT2D eigenvalue weighted by atomic mass is 10.2. The molecular weight excluding hydrogens is 255 g/mol. The van der Waals surface area contributed by atoms with Gasteiger partial charge in [-0.3, -0.25) is 9.36 Å². The van der Waals surface area contributed by atoms with Gasteiger partial charge in [0.05, 0.1) is 19.8 Å². The number of esters is 1. The Balaban J connectivity index is 5.15. The van der Waals surface area contributed by atoms with Crippen molar-refractivity contribution in [3.8, 4) is 0 Å². The molecule has 0 heterocycles. The number of rotatable bonds is 9. The minimum absolute atomic E-state index is 0.212. The Labute approximate surface area is 109 Å². The maximum atomic E-state index is 12.6. The molecule has 0 aromatic carbocycles. The fraction of sp³-hybridized carbons (Fsp3) is 0.750. The summed E-state index contributed by atoms with van der Waals surface area (Å²) >= 11 is 0. The Morgan fingerprint density at radius 2 is 1.67 bits per heavy atom. The van der Waals surface area contributed by atoms with Crippen LogP contribution >= 0.6 is 7.60 Å². The Hall–Kier alpha value is -0.640. The topological polar surface area (TPSA) is 61.8 Å². The van der Waals surface area contributed by atoms with Crippen LogP contribution in [-0.2, 0) is 23.1 Å². The number of hydrogen-bond donors (Lipinski definition) is 0. The Morgan fingerprint density at radius 1 is 1.17 bits per heavy atom. The predicted molar refractivity (Wildman–Crippen MR) is 70.7 cm³/mol. The van der Waals surface area contributed by atoms with Crippen molar-refractivity contribution in [3.05, 3.63) is 12.2 Å². The van der Waals surface area contributed by atoms with Crippen molar-refractivity contribution >= 4 is 13.6 Å². The standard InChI is InChI=1S/C12H23O5P/c1-6-15-12(13)11(9-10(4)5)18(14,16-7-2)17-8-3/h11H,4,6-9H2,1-3,5H3. The molecule has 0 aromatic heterocycles. The lowest BCUT2D eigenvalue weighted by molar-refractivity contribution is -0.143. The molecule has 0 N–H and O–H groups in total. The van der Waals surface area contributed by atoms with E-state index in [1.54, 1.807) is 27.7 Å². The molecule has 0 bridgehead atoms. The number of ether oxygens (including phenoxy) is 1. The van der Waals surface area contributed by atoms with Gasteiger partial charge in [0.25, 0.3) is 0 Å². The van der Waals surface area contributed by atoms with E-state index in [-0.39, 0.29) is 26.2 Å². The summed E-state index contributed by atoms with van der Waals surface area (Å²) in [6.45, 7) is 11.2. The second-order valence-electron chi connectivity index (χ2n) is 3.80. The first-order valence-electron chi connectivity index (χ1n) is 6.11. The minimum atomic E-state index is -3.50. The SMILES string of the molecule is C=C(C)CC(C(=O)OCC)P(=O)(OCC)OCC. The van der Waals surface area contributed by atoms with E-state index in [4.69, 9.17) is 13.8 Å². The van der Waals surface area contributed by atoms with Crippen LogP contribution in [0.2, 0.25) is 0 Å². The van der Waals surface area contributed by atoms with Gasteiger partial charge in [-0.2, -0.15) is 0 Å². The third-order valence-corrected chi connectivity index (χ3v) is 4.49. The maximum absolute atomic E-state index is 12.6. The third-order valence-electron chi connectivity index (χ3n) is 2.10. The summed E-state index contributed by atoms with van der Waals surface area (Å²) in [6, 6.07) is 0. The lowest BCUT2D eigenvalue weighted by Gasteiger charge is -2.24. The van der Waals surface area contributed by atoms with E-state index in [1.807, 2.05) is 0 Å². The van der Waals surface area contributed by atoms with Gasteiger partial charge in [-0.1, -0.05) is 5.57 Å². The smallest absolute Gasteiger partial charge is 0.345 e. The van der Waals surface area contributed by atoms with E-state index in [9.17, 15) is 9.36 Å². The molecule has 106 valence electrons. The average Bonchev–Trinajstić information content (AvgIpc) is 2.26. The van der Waals surface area contributed by atoms with Gasteiger partial charge in [0.15, 0.2) is 5.66 Å². The van der Waals surface area contributed by atoms with Crippen LogP contribution in [0, 0.1) is 0 Å². The van der Waals surface area contributed by atoms with Crippen LogP contribution in [0.5, 0.6) is 0 Å². The van der Waals surface area contributed by atoms with Crippen LogP contribution in [0.15, 0.2) is 12.2 Å². The summed E-state index contributed by atoms with van der Waals surface area (Å²) in [5.74, 6) is -0.564. The summed E-state index contributed by atoms with van der Waals surface area (Å²) in [5, 5.41) is 0. The van der Waals surface area contributed by atoms with Crippen LogP contribution in [0.4, 0.5) is 0 Å². The van der Waals surface area contributed by atoms with Gasteiger partial charge in [-0.15, -0.1) is 6.58 Å². The molecule has 1 atom stereocenters. The molecule has 0 rings (SSSR count). The summed E-state index contributed by atoms with van der Waals surface area (Å²) in [6.07, 6.45) is 0.232. The van der Waals surface area contributed by atoms with Gasteiger partial charge in [0, 0.05) is 0 Å². The van der Waals surface area contributed by atoms with Crippen LogP contribution in [0.3, 0.4) is 0 Å². The normalized spacial score (nSPS) is 13.1. The fourth-order valence-corrected chi connectivity index (χ4v) is 3.49. The molecule has 0 aliphatic carbocycles. The predicted octanol–water partition coefficient (Wildman–Crippen LogP) is 3.15. The van der Waals surface area contributed by atoms with E-state index < -0.39 is 19.2 Å². The highest BCUT2D eigenvalue weighted by molar-refractivity contribution is 7.55. The molecule has 0 aliphatic heterocycles. The zero-order valence-corrected chi connectivity index (χ0v) is 12.5. The summed E-state index contributed by atoms with van der Waals surface area (Å²) in [7, 11) is -3.50. The second kappa shape index (κ2) is 8.46. The number of carbonyl (C=O) groups excluding carboxylic acids is 1. The number of allylic oxidation sites excluding steroid dienone is 1. The van der Waals surface area contributed by atoms with Gasteiger partial charge in [-0.05, 0) is 34.1 Å². The molecule has 5 nitrogen and oxygen atoms in total. The molecule has 18 heavy (non-hydrogen) atoms. The zero-order chi connectivity index (χ0) is 14.2. The Morgan fingerprint density at radius 3 is 2.00 bits per heavy atom. The van der Waals surface area contributed by atoms with Gasteiger partial charge >= 0.3 is 13.6 Å². The van der Waals surface area contributed by atoms with Gasteiger partial charge < -0.3 is 13.8 Å². The van der Waals surface area contributed by atoms with Crippen LogP contribution in [-0.4, -0.2) is 31.4 Å². The maximum Gasteiger partial charge on any atom is 0.345 e. The molecule has 0 aliphatic rings. The van der Waals surface area contributed by atoms with E-state index >= 15 is 0 Å². The van der Waals surface area contributed by atoms with Crippen molar-refractivity contribution in [2.75, 3.05) is 19.8 Å². The lowest BCUT2D eigenvalue weighted by Crippen LogP contribution is -2.26. The second-order valence-corrected chi connectivity index (χ2v) is 6.02. The van der Waals surface area contributed by atoms with Gasteiger partial charge in [0.2, 0.25) is 0 Å². The highest BCUT2D eigenvalue weighted by atomic mass is 31.2. The highest BCUT2D eigenvalue weighted by Gasteiger charge is 2.41. The molecular formula is C12H23O5P. The average molecular weight is 278 g/mol. The van der Waals surface area contributed by atoms with E-state index in [0.717, 1.165) is 5.57 Å². The quantitative estimate of drug-likeness (QED) is 0.368. The molecule has 0 radical (unpaired) electrons. The van der Waals surface area contributed by atoms with E-state index in [2.05, 4.69) is 6.58 Å². The van der Waals surface area contributed by atoms with Crippen LogP contribution < -0.4 is 0 Å². The van der Waals surface area contributed by atoms with Crippen molar-refractivity contribution < 1.29 is 23.1 Å². The molecule has 1 unspecified atom stereocenters. The molecule has 0 fully saturated rings. The third kappa shape index (κ3) is 5.34. The molecule has 0 amide bonds. The zero-order valence-electron chi connectivity index (χ0n) is 11.6. The molecule has 0 aromatic rings. The molecule has 6 heteroatoms. The minimum Gasteiger partial charge on any atom is -0.465 e. The number of hydrogen-bond acceptors (Lipinski definition) is 5. The molecule has 0 saturated heterocycles. The van der Waals surface area contributed by atoms with E-state index in [0.29, 0.717) is 0 Å². The Bertz CT molecular complexity index is 316. The van der Waals surface area contributed by atoms with Crippen molar-refractivity contribution in [3.63, 3.8) is 0 Å². The van der Waals surface area contributed by atoms with Crippen molar-refractivity contribution in [2.24, 2.45) is 0 Å². The highest BCUT2D eigenvalue weighted by Crippen LogP contribution is 2.55. The first-order chi connectivity index (χ1) is 8.41. The van der Waals surface area contributed by atoms with Crippen molar-refractivity contribution in [1.29, 1.82) is 0 Å². The summed E-state index contributed by atoms with van der Waals surface area (Å²) < 4.78 is 27.9. The summed E-state index contributed by atoms with van der Waals surface area (Å²) in [4.78, 5) is 11.9. The van der Waals surface area contributed by atoms with Crippen molar-refractivity contribution in [1.82, 2.24) is 0 Å². The molecule has 0 spiro atoms. The fourth-order valence-electron chi connectivity index (χ4n) is 1.47. The van der Waals surface area contributed by atoms with Crippen LogP contribution in [0.25, 0.3) is 0 Å². The largest absolute Gasteiger partial charge is 0.465 e. The Kier molecular flexibility index (Phi) is 8.16. The summed E-state index contributed by atoms with van der Waals surface area (Å²) in [5.41, 5.74) is -0.206.